The van der Waals surface area contributed by atoms with E-state index in [0.717, 1.165) is 12.8 Å². The molecule has 0 radical (unpaired) electrons. The fourth-order valence-electron chi connectivity index (χ4n) is 1.71. The van der Waals surface area contributed by atoms with Crippen LogP contribution >= 0.6 is 0 Å². The van der Waals surface area contributed by atoms with Gasteiger partial charge in [-0.15, -0.1) is 12.8 Å². The normalized spacial score (nSPS) is 12.7. The Morgan fingerprint density at radius 1 is 0.600 bits per heavy atom. The zero-order valence-electron chi connectivity index (χ0n) is 15.0. The van der Waals surface area contributed by atoms with Gasteiger partial charge in [0.1, 0.15) is 0 Å². The van der Waals surface area contributed by atoms with Gasteiger partial charge in [0.15, 0.2) is 0 Å². The molecule has 124 valence electrons. The Hall–Kier alpha value is -1.72. The van der Waals surface area contributed by atoms with Crippen LogP contribution in [0, 0.1) is 24.3 Å². The van der Waals surface area contributed by atoms with Crippen molar-refractivity contribution in [2.45, 2.75) is 26.7 Å². The van der Waals surface area contributed by atoms with Crippen LogP contribution in [0.4, 0.5) is 0 Å². The quantitative estimate of drug-likeness (QED) is 0.449. The van der Waals surface area contributed by atoms with Gasteiger partial charge in [0.2, 0.25) is 0 Å². The van der Waals surface area contributed by atoms with Crippen molar-refractivity contribution >= 4 is 0 Å². The zero-order valence-corrected chi connectivity index (χ0v) is 17.5. The third-order valence-corrected chi connectivity index (χ3v) is 2.95. The first-order valence-electron chi connectivity index (χ1n) is 8.09. The molecule has 0 atom stereocenters. The number of hydrogen-bond donors (Lipinski definition) is 0. The summed E-state index contributed by atoms with van der Waals surface area (Å²) in [6, 6.07) is 25.0. The first kappa shape index (κ1) is 23.3. The Morgan fingerprint density at radius 3 is 1.04 bits per heavy atom. The van der Waals surface area contributed by atoms with E-state index in [4.69, 9.17) is 0 Å². The monoisotopic (exact) mass is 402 g/mol. The van der Waals surface area contributed by atoms with Crippen molar-refractivity contribution in [2.24, 2.45) is 0 Å². The SMILES string of the molecule is CC1=[C-]CC=C1.CC1=[C-]CC=C1.[Zr+4].[c-]1ccccc1.[c-]1ccccc1. The van der Waals surface area contributed by atoms with E-state index < -0.39 is 0 Å². The number of rotatable bonds is 0. The Balaban J connectivity index is 0.000000303. The van der Waals surface area contributed by atoms with E-state index in [-0.39, 0.29) is 26.2 Å². The van der Waals surface area contributed by atoms with Crippen LogP contribution in [0.2, 0.25) is 0 Å². The molecule has 0 saturated heterocycles. The van der Waals surface area contributed by atoms with Crippen LogP contribution in [0.3, 0.4) is 0 Å². The Bertz CT molecular complexity index is 516. The van der Waals surface area contributed by atoms with E-state index in [1.807, 2.05) is 60.7 Å². The second-order valence-electron chi connectivity index (χ2n) is 5.09. The molecular formula is C24H24Zr. The molecule has 2 aliphatic rings. The van der Waals surface area contributed by atoms with Crippen molar-refractivity contribution in [3.8, 4) is 0 Å². The maximum absolute atomic E-state index is 3.12. The molecule has 0 aliphatic heterocycles. The third kappa shape index (κ3) is 15.5. The summed E-state index contributed by atoms with van der Waals surface area (Å²) in [5.74, 6) is 0. The molecule has 4 rings (SSSR count). The molecule has 0 N–H and O–H groups in total. The number of benzene rings is 2. The van der Waals surface area contributed by atoms with Gasteiger partial charge in [0.25, 0.3) is 0 Å². The van der Waals surface area contributed by atoms with Crippen molar-refractivity contribution < 1.29 is 26.2 Å². The molecule has 0 aromatic heterocycles. The smallest absolute Gasteiger partial charge is 0.270 e. The summed E-state index contributed by atoms with van der Waals surface area (Å²) in [6.45, 7) is 4.12. The molecule has 0 unspecified atom stereocenters. The second-order valence-corrected chi connectivity index (χ2v) is 5.09. The summed E-state index contributed by atoms with van der Waals surface area (Å²) in [5.41, 5.74) is 2.55. The zero-order chi connectivity index (χ0) is 17.3. The summed E-state index contributed by atoms with van der Waals surface area (Å²) < 4.78 is 0. The minimum Gasteiger partial charge on any atom is -0.270 e. The summed E-state index contributed by atoms with van der Waals surface area (Å²) in [5, 5.41) is 0. The minimum atomic E-state index is 0. The van der Waals surface area contributed by atoms with Gasteiger partial charge in [0.05, 0.1) is 0 Å². The Labute approximate surface area is 172 Å². The molecule has 1 heteroatoms. The van der Waals surface area contributed by atoms with Crippen molar-refractivity contribution in [1.82, 2.24) is 0 Å². The van der Waals surface area contributed by atoms with Gasteiger partial charge < -0.3 is 0 Å². The van der Waals surface area contributed by atoms with E-state index in [9.17, 15) is 0 Å². The van der Waals surface area contributed by atoms with Crippen molar-refractivity contribution in [1.29, 1.82) is 0 Å². The molecule has 25 heavy (non-hydrogen) atoms. The van der Waals surface area contributed by atoms with Gasteiger partial charge in [0, 0.05) is 0 Å². The van der Waals surface area contributed by atoms with Gasteiger partial charge >= 0.3 is 26.2 Å². The predicted octanol–water partition coefficient (Wildman–Crippen LogP) is 6.36. The Morgan fingerprint density at radius 2 is 0.960 bits per heavy atom. The molecule has 0 amide bonds. The molecule has 0 heterocycles. The standard InChI is InChI=1S/2C6H7.2C6H5.Zr/c2*1-6-4-2-3-5-6;2*1-2-4-6-5-3-1;/h2*2,4H,3H2,1H3;2*1-5H;/q4*-1;+4. The topological polar surface area (TPSA) is 0 Å². The number of allylic oxidation sites excluding steroid dienone is 8. The average molecular weight is 404 g/mol. The molecular weight excluding hydrogens is 379 g/mol. The summed E-state index contributed by atoms with van der Waals surface area (Å²) >= 11 is 0. The van der Waals surface area contributed by atoms with Crippen molar-refractivity contribution in [3.63, 3.8) is 0 Å². The minimum absolute atomic E-state index is 0. The summed E-state index contributed by atoms with van der Waals surface area (Å²) in [6.07, 6.45) is 16.7. The van der Waals surface area contributed by atoms with E-state index in [1.54, 1.807) is 0 Å². The van der Waals surface area contributed by atoms with Crippen molar-refractivity contribution in [3.05, 3.63) is 120 Å². The van der Waals surface area contributed by atoms with E-state index in [0.29, 0.717) is 0 Å². The fraction of sp³-hybridized carbons (Fsp3) is 0.167. The van der Waals surface area contributed by atoms with Gasteiger partial charge in [-0.25, -0.2) is 23.3 Å². The van der Waals surface area contributed by atoms with Crippen LogP contribution < -0.4 is 0 Å². The fourth-order valence-corrected chi connectivity index (χ4v) is 1.71. The van der Waals surface area contributed by atoms with Crippen LogP contribution in [-0.2, 0) is 26.2 Å². The van der Waals surface area contributed by atoms with Gasteiger partial charge in [-0.3, -0.25) is 12.2 Å². The third-order valence-electron chi connectivity index (χ3n) is 2.95. The average Bonchev–Trinajstić information content (AvgIpc) is 3.33. The van der Waals surface area contributed by atoms with Crippen LogP contribution in [0.5, 0.6) is 0 Å². The Kier molecular flexibility index (Phi) is 15.9. The molecule has 2 aromatic carbocycles. The van der Waals surface area contributed by atoms with Crippen LogP contribution in [0.25, 0.3) is 0 Å². The molecule has 0 spiro atoms. The van der Waals surface area contributed by atoms with Crippen LogP contribution in [-0.4, -0.2) is 0 Å². The number of hydrogen-bond acceptors (Lipinski definition) is 0. The van der Waals surface area contributed by atoms with Gasteiger partial charge in [-0.05, 0) is 0 Å². The van der Waals surface area contributed by atoms with Gasteiger partial charge in [-0.1, -0.05) is 13.8 Å². The van der Waals surface area contributed by atoms with Gasteiger partial charge in [-0.2, -0.15) is 84.9 Å². The van der Waals surface area contributed by atoms with E-state index >= 15 is 0 Å². The first-order valence-corrected chi connectivity index (χ1v) is 8.09. The van der Waals surface area contributed by atoms with Crippen LogP contribution in [0.15, 0.2) is 96.1 Å². The molecule has 2 aliphatic carbocycles. The van der Waals surface area contributed by atoms with Crippen LogP contribution in [0.1, 0.15) is 26.7 Å². The maximum atomic E-state index is 3.12. The largest absolute Gasteiger partial charge is 4.00 e. The second kappa shape index (κ2) is 17.1. The molecule has 0 nitrogen and oxygen atoms in total. The summed E-state index contributed by atoms with van der Waals surface area (Å²) in [4.78, 5) is 0. The first-order chi connectivity index (χ1) is 11.8. The maximum Gasteiger partial charge on any atom is 4.00 e. The molecule has 0 fully saturated rings. The summed E-state index contributed by atoms with van der Waals surface area (Å²) in [7, 11) is 0. The van der Waals surface area contributed by atoms with E-state index in [1.165, 1.54) is 11.1 Å². The van der Waals surface area contributed by atoms with E-state index in [2.05, 4.69) is 62.4 Å². The van der Waals surface area contributed by atoms with Crippen molar-refractivity contribution in [2.75, 3.05) is 0 Å². The predicted molar refractivity (Wildman–Crippen MR) is 103 cm³/mol. The molecule has 0 bridgehead atoms. The molecule has 0 saturated carbocycles. The molecule has 2 aromatic rings.